The van der Waals surface area contributed by atoms with Crippen LogP contribution < -0.4 is 5.32 Å². The number of anilines is 1. The third kappa shape index (κ3) is 6.34. The molecule has 6 rings (SSSR count). The van der Waals surface area contributed by atoms with E-state index in [1.807, 2.05) is 42.4 Å². The summed E-state index contributed by atoms with van der Waals surface area (Å²) in [6.07, 6.45) is 14.0. The highest BCUT2D eigenvalue weighted by atomic mass is 127. The van der Waals surface area contributed by atoms with Gasteiger partial charge in [-0.05, 0) is 70.6 Å². The number of carbonyl (C=O) groups is 1. The summed E-state index contributed by atoms with van der Waals surface area (Å²) in [4.78, 5) is 26.2. The fraction of sp³-hybridized carbons (Fsp3) is 0.500. The average molecular weight is 703 g/mol. The molecule has 42 heavy (non-hydrogen) atoms. The Hall–Kier alpha value is -2.60. The summed E-state index contributed by atoms with van der Waals surface area (Å²) in [7, 11) is 0.826. The number of hydrogen-bond donors (Lipinski definition) is 1. The molecular formula is C32H43IN6O2S. The van der Waals surface area contributed by atoms with Gasteiger partial charge >= 0.3 is 0 Å². The second-order valence-electron chi connectivity index (χ2n) is 11.9. The van der Waals surface area contributed by atoms with Gasteiger partial charge in [-0.1, -0.05) is 30.4 Å². The summed E-state index contributed by atoms with van der Waals surface area (Å²) >= 11 is 2.31. The van der Waals surface area contributed by atoms with Crippen LogP contribution in [0.2, 0.25) is 0 Å². The van der Waals surface area contributed by atoms with Crippen molar-refractivity contribution >= 4 is 51.5 Å². The molecular weight excluding hydrogens is 659 g/mol. The Bertz CT molecular complexity index is 1360. The number of benzene rings is 1. The van der Waals surface area contributed by atoms with E-state index in [4.69, 9.17) is 0 Å². The first-order valence-electron chi connectivity index (χ1n) is 14.8. The number of amides is 1. The number of nitrogens with zero attached hydrogens (tertiary/aromatic N) is 5. The minimum Gasteiger partial charge on any atom is -0.365 e. The van der Waals surface area contributed by atoms with E-state index in [1.54, 1.807) is 6.26 Å². The van der Waals surface area contributed by atoms with Gasteiger partial charge in [0.2, 0.25) is 5.91 Å². The first-order chi connectivity index (χ1) is 20.1. The first-order valence-corrected chi connectivity index (χ1v) is 17.3. The van der Waals surface area contributed by atoms with Crippen LogP contribution in [0, 0.1) is 11.8 Å². The highest BCUT2D eigenvalue weighted by Gasteiger charge is 2.49. The third-order valence-electron chi connectivity index (χ3n) is 9.06. The second kappa shape index (κ2) is 13.0. The first kappa shape index (κ1) is 30.8. The van der Waals surface area contributed by atoms with Crippen molar-refractivity contribution in [3.05, 3.63) is 72.0 Å². The number of fused-ring (bicyclic) bond motifs is 2. The Kier molecular flexibility index (Phi) is 9.51. The number of nitrogens with one attached hydrogen (secondary N) is 1. The van der Waals surface area contributed by atoms with E-state index >= 15 is 0 Å². The molecule has 3 saturated heterocycles. The SMILES string of the molecule is C=C(CC1C=C(N2C3CC2CN(C2=CN(I)C(C)N=C2)C3)N(C)C(=O)C1CC/C(C)=C\C)Nc1ccccc1S(C)=O. The molecule has 3 fully saturated rings. The molecule has 226 valence electrons. The number of carbonyl (C=O) groups excluding carboxylic acids is 1. The number of rotatable bonds is 10. The highest BCUT2D eigenvalue weighted by Crippen LogP contribution is 2.42. The fourth-order valence-corrected chi connectivity index (χ4v) is 7.64. The summed E-state index contributed by atoms with van der Waals surface area (Å²) in [6.45, 7) is 12.5. The molecule has 5 aliphatic heterocycles. The molecule has 8 nitrogen and oxygen atoms in total. The lowest BCUT2D eigenvalue weighted by atomic mass is 9.79. The van der Waals surface area contributed by atoms with Gasteiger partial charge < -0.3 is 20.0 Å². The molecule has 5 heterocycles. The molecule has 1 N–H and O–H groups in total. The zero-order valence-electron chi connectivity index (χ0n) is 25.3. The lowest BCUT2D eigenvalue weighted by Gasteiger charge is -2.60. The number of aliphatic imine (C=N–C) groups is 1. The fourth-order valence-electron chi connectivity index (χ4n) is 6.51. The minimum atomic E-state index is -1.12. The van der Waals surface area contributed by atoms with Crippen LogP contribution in [0.25, 0.3) is 0 Å². The van der Waals surface area contributed by atoms with Crippen LogP contribution in [0.15, 0.2) is 81.9 Å². The minimum absolute atomic E-state index is 0.0207. The zero-order valence-corrected chi connectivity index (χ0v) is 28.3. The van der Waals surface area contributed by atoms with Crippen LogP contribution in [0.4, 0.5) is 5.69 Å². The number of para-hydroxylation sites is 1. The summed E-state index contributed by atoms with van der Waals surface area (Å²) in [5.41, 5.74) is 4.10. The van der Waals surface area contributed by atoms with E-state index in [-0.39, 0.29) is 23.9 Å². The van der Waals surface area contributed by atoms with Crippen molar-refractivity contribution in [3.8, 4) is 0 Å². The standard InChI is InChI=1S/C32H43IN6O2S/c1-7-21(2)12-13-28-24(14-22(3)35-29-10-8-9-11-30(29)42(6)41)15-31(36(5)32(28)40)39-25-16-26(39)19-37(18-25)27-17-34-23(4)38(33)20-27/h7-11,15,17,20,23-26,28,35H,3,12-14,16,18-19H2,1-2,4-6H3/b21-7-. The third-order valence-corrected chi connectivity index (χ3v) is 11.1. The van der Waals surface area contributed by atoms with E-state index in [0.29, 0.717) is 18.5 Å². The molecule has 6 unspecified atom stereocenters. The molecule has 5 aliphatic rings. The average Bonchev–Trinajstić information content (AvgIpc) is 2.96. The molecule has 6 atom stereocenters. The number of piperidine rings is 1. The number of allylic oxidation sites excluding steroid dienone is 5. The van der Waals surface area contributed by atoms with Gasteiger partial charge in [0.1, 0.15) is 12.0 Å². The lowest BCUT2D eigenvalue weighted by molar-refractivity contribution is -0.139. The van der Waals surface area contributed by atoms with E-state index in [2.05, 4.69) is 91.8 Å². The lowest BCUT2D eigenvalue weighted by Crippen LogP contribution is -2.69. The predicted octanol–water partition coefficient (Wildman–Crippen LogP) is 5.71. The largest absolute Gasteiger partial charge is 0.365 e. The van der Waals surface area contributed by atoms with Gasteiger partial charge in [0, 0.05) is 50.4 Å². The Labute approximate surface area is 267 Å². The van der Waals surface area contributed by atoms with Crippen molar-refractivity contribution in [3.63, 3.8) is 0 Å². The van der Waals surface area contributed by atoms with Crippen molar-refractivity contribution in [2.75, 3.05) is 31.7 Å². The number of halogens is 1. The number of hydrogen-bond acceptors (Lipinski definition) is 7. The Morgan fingerprint density at radius 1 is 1.26 bits per heavy atom. The van der Waals surface area contributed by atoms with Gasteiger partial charge in [-0.2, -0.15) is 0 Å². The molecule has 1 amide bonds. The van der Waals surface area contributed by atoms with Gasteiger partial charge in [0.05, 0.1) is 62.0 Å². The molecule has 10 heteroatoms. The van der Waals surface area contributed by atoms with Crippen LogP contribution in [0.3, 0.4) is 0 Å². The van der Waals surface area contributed by atoms with Crippen LogP contribution >= 0.6 is 22.9 Å². The summed E-state index contributed by atoms with van der Waals surface area (Å²) in [5, 5.41) is 3.43. The van der Waals surface area contributed by atoms with Crippen molar-refractivity contribution in [1.82, 2.24) is 17.8 Å². The molecule has 0 radical (unpaired) electrons. The Balaban J connectivity index is 1.36. The maximum absolute atomic E-state index is 14.0. The maximum Gasteiger partial charge on any atom is 0.231 e. The smallest absolute Gasteiger partial charge is 0.231 e. The molecule has 0 aromatic heterocycles. The number of piperazine rings is 1. The van der Waals surface area contributed by atoms with Crippen molar-refractivity contribution < 1.29 is 9.00 Å². The van der Waals surface area contributed by atoms with Crippen molar-refractivity contribution in [2.24, 2.45) is 16.8 Å². The van der Waals surface area contributed by atoms with Crippen molar-refractivity contribution in [1.29, 1.82) is 0 Å². The van der Waals surface area contributed by atoms with Gasteiger partial charge in [0.25, 0.3) is 0 Å². The van der Waals surface area contributed by atoms with Crippen LogP contribution in [0.1, 0.15) is 46.5 Å². The molecule has 0 aliphatic carbocycles. The predicted molar refractivity (Wildman–Crippen MR) is 180 cm³/mol. The topological polar surface area (TPSA) is 71.5 Å². The second-order valence-corrected chi connectivity index (χ2v) is 14.4. The van der Waals surface area contributed by atoms with Gasteiger partial charge in [-0.3, -0.25) is 17.1 Å². The Morgan fingerprint density at radius 2 is 1.98 bits per heavy atom. The zero-order chi connectivity index (χ0) is 30.1. The summed E-state index contributed by atoms with van der Waals surface area (Å²) in [6, 6.07) is 8.37. The quantitative estimate of drug-likeness (QED) is 0.191. The normalized spacial score (nSPS) is 28.3. The molecule has 2 bridgehead atoms. The van der Waals surface area contributed by atoms with Gasteiger partial charge in [0.15, 0.2) is 0 Å². The van der Waals surface area contributed by atoms with Crippen molar-refractivity contribution in [2.45, 2.75) is 69.6 Å². The van der Waals surface area contributed by atoms with E-state index < -0.39 is 10.8 Å². The molecule has 1 aromatic rings. The highest BCUT2D eigenvalue weighted by molar-refractivity contribution is 14.1. The van der Waals surface area contributed by atoms with Gasteiger partial charge in [-0.25, -0.2) is 0 Å². The summed E-state index contributed by atoms with van der Waals surface area (Å²) < 4.78 is 14.4. The summed E-state index contributed by atoms with van der Waals surface area (Å²) in [5.74, 6) is 1.11. The Morgan fingerprint density at radius 3 is 2.64 bits per heavy atom. The molecule has 0 spiro atoms. The van der Waals surface area contributed by atoms with E-state index in [1.165, 1.54) is 5.57 Å². The van der Waals surface area contributed by atoms with E-state index in [9.17, 15) is 9.00 Å². The molecule has 0 saturated carbocycles. The maximum atomic E-state index is 14.0. The molecule has 1 aromatic carbocycles. The van der Waals surface area contributed by atoms with E-state index in [0.717, 1.165) is 60.1 Å². The van der Waals surface area contributed by atoms with Crippen LogP contribution in [-0.4, -0.2) is 78.8 Å². The van der Waals surface area contributed by atoms with Crippen LogP contribution in [0.5, 0.6) is 0 Å². The van der Waals surface area contributed by atoms with Gasteiger partial charge in [-0.15, -0.1) is 0 Å². The monoisotopic (exact) mass is 702 g/mol. The van der Waals surface area contributed by atoms with Crippen LogP contribution in [-0.2, 0) is 15.6 Å².